The van der Waals surface area contributed by atoms with Gasteiger partial charge in [-0.25, -0.2) is 9.97 Å². The lowest BCUT2D eigenvalue weighted by Crippen LogP contribution is -1.96. The first-order valence-electron chi connectivity index (χ1n) is 14.4. The highest BCUT2D eigenvalue weighted by Crippen LogP contribution is 2.38. The van der Waals surface area contributed by atoms with Crippen LogP contribution >= 0.6 is 0 Å². The van der Waals surface area contributed by atoms with E-state index in [0.29, 0.717) is 5.82 Å². The van der Waals surface area contributed by atoms with Gasteiger partial charge in [0, 0.05) is 27.5 Å². The van der Waals surface area contributed by atoms with Gasteiger partial charge in [0.15, 0.2) is 5.82 Å². The van der Waals surface area contributed by atoms with E-state index in [1.807, 2.05) is 42.5 Å². The molecule has 2 heterocycles. The molecule has 0 fully saturated rings. The van der Waals surface area contributed by atoms with Crippen LogP contribution in [0.4, 0.5) is 0 Å². The van der Waals surface area contributed by atoms with E-state index >= 15 is 0 Å². The third-order valence-electron chi connectivity index (χ3n) is 7.92. The van der Waals surface area contributed by atoms with Gasteiger partial charge in [-0.05, 0) is 46.5 Å². The molecule has 0 aliphatic heterocycles. The molecule has 2 aromatic heterocycles. The number of hydrogen-bond donors (Lipinski definition) is 0. The normalized spacial score (nSPS) is 11.3. The van der Waals surface area contributed by atoms with Crippen LogP contribution < -0.4 is 0 Å². The Balaban J connectivity index is 1.26. The fourth-order valence-electron chi connectivity index (χ4n) is 5.78. The van der Waals surface area contributed by atoms with Crippen LogP contribution in [0.2, 0.25) is 0 Å². The van der Waals surface area contributed by atoms with Crippen LogP contribution in [0.1, 0.15) is 0 Å². The molecule has 0 saturated carbocycles. The van der Waals surface area contributed by atoms with Gasteiger partial charge < -0.3 is 4.42 Å². The van der Waals surface area contributed by atoms with Crippen LogP contribution in [0, 0.1) is 0 Å². The molecule has 0 amide bonds. The molecule has 3 heteroatoms. The number of aromatic nitrogens is 2. The predicted molar refractivity (Wildman–Crippen MR) is 176 cm³/mol. The summed E-state index contributed by atoms with van der Waals surface area (Å²) in [6.45, 7) is 0. The van der Waals surface area contributed by atoms with Gasteiger partial charge in [-0.3, -0.25) is 0 Å². The van der Waals surface area contributed by atoms with Crippen LogP contribution in [-0.2, 0) is 0 Å². The molecule has 6 aromatic carbocycles. The highest BCUT2D eigenvalue weighted by Gasteiger charge is 2.15. The Morgan fingerprint density at radius 1 is 0.372 bits per heavy atom. The monoisotopic (exact) mass is 550 g/mol. The molecule has 0 radical (unpaired) electrons. The van der Waals surface area contributed by atoms with E-state index in [2.05, 4.69) is 115 Å². The molecule has 0 N–H and O–H groups in total. The quantitative estimate of drug-likeness (QED) is 0.214. The maximum atomic E-state index is 6.17. The number of fused-ring (bicyclic) bond motifs is 3. The summed E-state index contributed by atoms with van der Waals surface area (Å²) in [6.07, 6.45) is 0. The molecule has 8 rings (SSSR count). The highest BCUT2D eigenvalue weighted by atomic mass is 16.3. The highest BCUT2D eigenvalue weighted by molar-refractivity contribution is 6.12. The first-order chi connectivity index (χ1) is 21.3. The summed E-state index contributed by atoms with van der Waals surface area (Å²) in [5, 5.41) is 2.25. The van der Waals surface area contributed by atoms with Crippen LogP contribution in [0.5, 0.6) is 0 Å². The molecule has 0 spiro atoms. The number of furan rings is 1. The molecule has 0 bridgehead atoms. The zero-order chi connectivity index (χ0) is 28.6. The topological polar surface area (TPSA) is 38.9 Å². The minimum atomic E-state index is 0.698. The Kier molecular flexibility index (Phi) is 6.12. The van der Waals surface area contributed by atoms with E-state index in [1.54, 1.807) is 0 Å². The Morgan fingerprint density at radius 2 is 0.930 bits per heavy atom. The minimum absolute atomic E-state index is 0.698. The smallest absolute Gasteiger partial charge is 0.160 e. The third-order valence-corrected chi connectivity index (χ3v) is 7.92. The second kappa shape index (κ2) is 10.6. The van der Waals surface area contributed by atoms with Crippen molar-refractivity contribution in [2.45, 2.75) is 0 Å². The van der Waals surface area contributed by atoms with E-state index in [9.17, 15) is 0 Å². The number of hydrogen-bond acceptors (Lipinski definition) is 3. The Labute approximate surface area is 249 Å². The third kappa shape index (κ3) is 4.67. The van der Waals surface area contributed by atoms with Crippen molar-refractivity contribution in [2.24, 2.45) is 0 Å². The zero-order valence-electron chi connectivity index (χ0n) is 23.3. The fourth-order valence-corrected chi connectivity index (χ4v) is 5.78. The zero-order valence-corrected chi connectivity index (χ0v) is 23.3. The number of para-hydroxylation sites is 1. The largest absolute Gasteiger partial charge is 0.456 e. The molecule has 3 nitrogen and oxygen atoms in total. The lowest BCUT2D eigenvalue weighted by molar-refractivity contribution is 0.669. The van der Waals surface area contributed by atoms with E-state index in [1.165, 1.54) is 5.56 Å². The van der Waals surface area contributed by atoms with Crippen molar-refractivity contribution >= 4 is 21.9 Å². The van der Waals surface area contributed by atoms with Crippen molar-refractivity contribution in [3.63, 3.8) is 0 Å². The van der Waals surface area contributed by atoms with Gasteiger partial charge in [-0.2, -0.15) is 0 Å². The molecule has 202 valence electrons. The lowest BCUT2D eigenvalue weighted by Gasteiger charge is -2.11. The first kappa shape index (κ1) is 25.0. The van der Waals surface area contributed by atoms with Crippen molar-refractivity contribution in [1.29, 1.82) is 0 Å². The summed E-state index contributed by atoms with van der Waals surface area (Å²) in [5.74, 6) is 0.698. The Morgan fingerprint density at radius 3 is 1.72 bits per heavy atom. The maximum Gasteiger partial charge on any atom is 0.160 e. The van der Waals surface area contributed by atoms with Gasteiger partial charge >= 0.3 is 0 Å². The second-order valence-corrected chi connectivity index (χ2v) is 10.6. The molecule has 0 saturated heterocycles. The van der Waals surface area contributed by atoms with Crippen molar-refractivity contribution in [3.05, 3.63) is 158 Å². The van der Waals surface area contributed by atoms with Gasteiger partial charge in [-0.15, -0.1) is 0 Å². The fraction of sp³-hybridized carbons (Fsp3) is 0. The van der Waals surface area contributed by atoms with E-state index in [0.717, 1.165) is 66.7 Å². The molecular weight excluding hydrogens is 524 g/mol. The number of nitrogens with zero attached hydrogens (tertiary/aromatic N) is 2. The Hall–Kier alpha value is -5.80. The van der Waals surface area contributed by atoms with Gasteiger partial charge in [0.25, 0.3) is 0 Å². The molecule has 0 aliphatic rings. The van der Waals surface area contributed by atoms with Gasteiger partial charge in [-0.1, -0.05) is 133 Å². The van der Waals surface area contributed by atoms with Crippen LogP contribution in [0.3, 0.4) is 0 Å². The Bertz CT molecular complexity index is 2220. The first-order valence-corrected chi connectivity index (χ1v) is 14.4. The summed E-state index contributed by atoms with van der Waals surface area (Å²) in [7, 11) is 0. The van der Waals surface area contributed by atoms with E-state index in [4.69, 9.17) is 14.4 Å². The van der Waals surface area contributed by atoms with Gasteiger partial charge in [0.1, 0.15) is 11.2 Å². The number of rotatable bonds is 5. The standard InChI is InChI=1S/C40H26N2O/c1-3-11-27(12-4-1)28-21-23-30(24-22-28)40-41-35(29-13-5-2-6-14-29)26-36(42-40)32-16-9-15-31(25-32)33-18-10-20-38-39(33)34-17-7-8-19-37(34)43-38/h1-26H. The maximum absolute atomic E-state index is 6.17. The molecule has 0 atom stereocenters. The molecule has 43 heavy (non-hydrogen) atoms. The lowest BCUT2D eigenvalue weighted by atomic mass is 9.97. The summed E-state index contributed by atoms with van der Waals surface area (Å²) in [4.78, 5) is 10.1. The average molecular weight is 551 g/mol. The van der Waals surface area contributed by atoms with E-state index in [-0.39, 0.29) is 0 Å². The van der Waals surface area contributed by atoms with Crippen molar-refractivity contribution in [1.82, 2.24) is 9.97 Å². The number of benzene rings is 6. The second-order valence-electron chi connectivity index (χ2n) is 10.6. The van der Waals surface area contributed by atoms with Crippen molar-refractivity contribution in [3.8, 4) is 56.2 Å². The van der Waals surface area contributed by atoms with Crippen LogP contribution in [0.25, 0.3) is 78.1 Å². The van der Waals surface area contributed by atoms with Crippen LogP contribution in [0.15, 0.2) is 162 Å². The predicted octanol–water partition coefficient (Wildman–Crippen LogP) is 10.7. The van der Waals surface area contributed by atoms with E-state index < -0.39 is 0 Å². The van der Waals surface area contributed by atoms with Gasteiger partial charge in [0.05, 0.1) is 11.4 Å². The minimum Gasteiger partial charge on any atom is -0.456 e. The summed E-state index contributed by atoms with van der Waals surface area (Å²) < 4.78 is 6.17. The molecular formula is C40H26N2O. The van der Waals surface area contributed by atoms with Crippen molar-refractivity contribution in [2.75, 3.05) is 0 Å². The van der Waals surface area contributed by atoms with Crippen LogP contribution in [-0.4, -0.2) is 9.97 Å². The average Bonchev–Trinajstić information content (AvgIpc) is 3.48. The van der Waals surface area contributed by atoms with Gasteiger partial charge in [0.2, 0.25) is 0 Å². The summed E-state index contributed by atoms with van der Waals surface area (Å²) in [5.41, 5.74) is 11.2. The summed E-state index contributed by atoms with van der Waals surface area (Å²) in [6, 6.07) is 54.4. The molecule has 0 aliphatic carbocycles. The van der Waals surface area contributed by atoms with Crippen molar-refractivity contribution < 1.29 is 4.42 Å². The summed E-state index contributed by atoms with van der Waals surface area (Å²) >= 11 is 0. The molecule has 0 unspecified atom stereocenters. The molecule has 8 aromatic rings. The SMILES string of the molecule is c1ccc(-c2ccc(-c3nc(-c4ccccc4)cc(-c4cccc(-c5cccc6oc7ccccc7c56)c4)n3)cc2)cc1.